The summed E-state index contributed by atoms with van der Waals surface area (Å²) in [5.41, 5.74) is -0.568. The van der Waals surface area contributed by atoms with Crippen LogP contribution in [0.2, 0.25) is 0 Å². The molecule has 0 spiro atoms. The van der Waals surface area contributed by atoms with Gasteiger partial charge in [-0.05, 0) is 62.6 Å². The van der Waals surface area contributed by atoms with Gasteiger partial charge in [-0.2, -0.15) is 0 Å². The highest BCUT2D eigenvalue weighted by molar-refractivity contribution is 7.09. The van der Waals surface area contributed by atoms with Crippen LogP contribution in [0.4, 0.5) is 0 Å². The van der Waals surface area contributed by atoms with E-state index in [1.54, 1.807) is 31.4 Å². The number of hydrogen-bond acceptors (Lipinski definition) is 7. The largest absolute Gasteiger partial charge is 0.496 e. The van der Waals surface area contributed by atoms with Crippen molar-refractivity contribution in [2.45, 2.75) is 90.8 Å². The second kappa shape index (κ2) is 11.3. The van der Waals surface area contributed by atoms with E-state index in [1.807, 2.05) is 38.3 Å². The Bertz CT molecular complexity index is 1120. The molecule has 210 valence electrons. The zero-order valence-electron chi connectivity index (χ0n) is 24.6. The number of esters is 1. The molecule has 3 rings (SSSR count). The Kier molecular flexibility index (Phi) is 8.98. The third kappa shape index (κ3) is 6.23. The van der Waals surface area contributed by atoms with Crippen LogP contribution in [-0.2, 0) is 19.7 Å². The number of hydrogen-bond donors (Lipinski definition) is 0. The number of thiazole rings is 1. The van der Waals surface area contributed by atoms with Crippen LogP contribution in [0.5, 0.6) is 5.75 Å². The lowest BCUT2D eigenvalue weighted by Gasteiger charge is -2.41. The lowest BCUT2D eigenvalue weighted by molar-refractivity contribution is -0.168. The molecule has 1 aromatic carbocycles. The van der Waals surface area contributed by atoms with Gasteiger partial charge >= 0.3 is 5.97 Å². The summed E-state index contributed by atoms with van der Waals surface area (Å²) < 4.78 is 17.4. The molecule has 0 N–H and O–H groups in total. The number of nitrogens with zero attached hydrogens (tertiary/aromatic N) is 2. The first-order valence-corrected chi connectivity index (χ1v) is 14.2. The fraction of sp³-hybridized carbons (Fsp3) is 0.633. The number of rotatable bonds is 8. The molecule has 2 aromatic rings. The third-order valence-corrected chi connectivity index (χ3v) is 7.72. The number of carbonyl (C=O) groups is 2. The van der Waals surface area contributed by atoms with Crippen molar-refractivity contribution in [3.63, 3.8) is 0 Å². The maximum Gasteiger partial charge on any atom is 0.332 e. The monoisotopic (exact) mass is 544 g/mol. The van der Waals surface area contributed by atoms with Gasteiger partial charge in [0, 0.05) is 30.2 Å². The Hall–Kier alpha value is -2.45. The summed E-state index contributed by atoms with van der Waals surface area (Å²) in [4.78, 5) is 35.1. The van der Waals surface area contributed by atoms with Gasteiger partial charge in [-0.15, -0.1) is 11.3 Å². The van der Waals surface area contributed by atoms with E-state index in [0.29, 0.717) is 30.8 Å². The summed E-state index contributed by atoms with van der Waals surface area (Å²) in [5, 5.41) is 2.69. The van der Waals surface area contributed by atoms with Crippen LogP contribution in [0.3, 0.4) is 0 Å². The molecule has 38 heavy (non-hydrogen) atoms. The molecule has 3 atom stereocenters. The molecule has 1 fully saturated rings. The average Bonchev–Trinajstić information content (AvgIpc) is 3.43. The van der Waals surface area contributed by atoms with Crippen LogP contribution in [0, 0.1) is 11.8 Å². The first kappa shape index (κ1) is 30.1. The van der Waals surface area contributed by atoms with Gasteiger partial charge in [-0.25, -0.2) is 9.78 Å². The molecule has 0 bridgehead atoms. The molecule has 8 heteroatoms. The molecule has 1 aromatic heterocycles. The molecule has 0 aliphatic carbocycles. The third-order valence-electron chi connectivity index (χ3n) is 6.87. The van der Waals surface area contributed by atoms with Crippen LogP contribution in [0.25, 0.3) is 0 Å². The van der Waals surface area contributed by atoms with Gasteiger partial charge in [-0.1, -0.05) is 40.7 Å². The van der Waals surface area contributed by atoms with Crippen molar-refractivity contribution in [3.8, 4) is 5.75 Å². The van der Waals surface area contributed by atoms with Gasteiger partial charge < -0.3 is 19.1 Å². The minimum atomic E-state index is -1.17. The molecular formula is C30H44N2O5S. The topological polar surface area (TPSA) is 78.0 Å². The van der Waals surface area contributed by atoms with Crippen LogP contribution >= 0.6 is 11.3 Å². The second-order valence-corrected chi connectivity index (χ2v) is 13.6. The molecule has 0 unspecified atom stereocenters. The summed E-state index contributed by atoms with van der Waals surface area (Å²) in [6, 6.07) is 5.15. The summed E-state index contributed by atoms with van der Waals surface area (Å²) >= 11 is 1.49. The molecule has 7 nitrogen and oxygen atoms in total. The lowest BCUT2D eigenvalue weighted by Crippen LogP contribution is -2.56. The second-order valence-electron chi connectivity index (χ2n) is 12.7. The molecule has 1 amide bonds. The fourth-order valence-corrected chi connectivity index (χ4v) is 6.40. The van der Waals surface area contributed by atoms with Crippen LogP contribution < -0.4 is 4.74 Å². The zero-order chi connectivity index (χ0) is 28.5. The first-order chi connectivity index (χ1) is 17.6. The standard InChI is InChI=1S/C30H44N2O5S/c1-19(2)16-30(27(34)37-29(6,7)8)17-21(18-35-9)24(25-31-13-14-38-25)32(30)26(33)20-11-12-22(28(3,4)5)23(15-20)36-10/h11-15,19,21,24H,16-18H2,1-10H3/t21-,24+,30-/m0/s1. The number of carbonyl (C=O) groups excluding carboxylic acids is 2. The molecule has 0 saturated carbocycles. The van der Waals surface area contributed by atoms with Gasteiger partial charge in [-0.3, -0.25) is 4.79 Å². The van der Waals surface area contributed by atoms with Crippen molar-refractivity contribution in [3.05, 3.63) is 45.9 Å². The summed E-state index contributed by atoms with van der Waals surface area (Å²) in [5.74, 6) is 0.0269. The Balaban J connectivity index is 2.25. The van der Waals surface area contributed by atoms with E-state index in [9.17, 15) is 9.59 Å². The highest BCUT2D eigenvalue weighted by Gasteiger charge is 2.60. The number of likely N-dealkylation sites (tertiary alicyclic amines) is 1. The van der Waals surface area contributed by atoms with Crippen molar-refractivity contribution < 1.29 is 23.8 Å². The average molecular weight is 545 g/mol. The maximum absolute atomic E-state index is 14.6. The minimum absolute atomic E-state index is 0.128. The van der Waals surface area contributed by atoms with E-state index in [0.717, 1.165) is 10.6 Å². The quantitative estimate of drug-likeness (QED) is 0.357. The highest BCUT2D eigenvalue weighted by atomic mass is 32.1. The van der Waals surface area contributed by atoms with Gasteiger partial charge in [0.25, 0.3) is 5.91 Å². The van der Waals surface area contributed by atoms with Gasteiger partial charge in [0.15, 0.2) is 0 Å². The number of ether oxygens (including phenoxy) is 3. The van der Waals surface area contributed by atoms with Crippen molar-refractivity contribution in [2.24, 2.45) is 11.8 Å². The SMILES string of the molecule is COC[C@@H]1C[C@@](CC(C)C)(C(=O)OC(C)(C)C)N(C(=O)c2ccc(C(C)(C)C)c(OC)c2)[C@H]1c1nccs1. The smallest absolute Gasteiger partial charge is 0.332 e. The minimum Gasteiger partial charge on any atom is -0.496 e. The maximum atomic E-state index is 14.6. The molecule has 0 radical (unpaired) electrons. The summed E-state index contributed by atoms with van der Waals surface area (Å²) in [6.45, 7) is 16.4. The van der Waals surface area contributed by atoms with Crippen LogP contribution in [0.15, 0.2) is 29.8 Å². The van der Waals surface area contributed by atoms with E-state index in [1.165, 1.54) is 11.3 Å². The normalized spacial score (nSPS) is 22.1. The number of methoxy groups -OCH3 is 2. The molecule has 1 aliphatic rings. The number of amides is 1. The Morgan fingerprint density at radius 3 is 2.34 bits per heavy atom. The predicted octanol–water partition coefficient (Wildman–Crippen LogP) is 6.43. The van der Waals surface area contributed by atoms with Crippen molar-refractivity contribution in [1.29, 1.82) is 0 Å². The van der Waals surface area contributed by atoms with E-state index in [4.69, 9.17) is 14.2 Å². The predicted molar refractivity (Wildman–Crippen MR) is 151 cm³/mol. The van der Waals surface area contributed by atoms with Crippen molar-refractivity contribution in [1.82, 2.24) is 9.88 Å². The van der Waals surface area contributed by atoms with Gasteiger partial charge in [0.05, 0.1) is 19.8 Å². The first-order valence-electron chi connectivity index (χ1n) is 13.3. The van der Waals surface area contributed by atoms with Crippen molar-refractivity contribution in [2.75, 3.05) is 20.8 Å². The van der Waals surface area contributed by atoms with E-state index in [-0.39, 0.29) is 29.1 Å². The molecule has 1 aliphatic heterocycles. The Morgan fingerprint density at radius 1 is 1.16 bits per heavy atom. The molecular weight excluding hydrogens is 500 g/mol. The van der Waals surface area contributed by atoms with E-state index >= 15 is 0 Å². The number of benzene rings is 1. The van der Waals surface area contributed by atoms with Crippen LogP contribution in [-0.4, -0.2) is 53.7 Å². The summed E-state index contributed by atoms with van der Waals surface area (Å²) in [7, 11) is 3.27. The fourth-order valence-electron chi connectivity index (χ4n) is 5.58. The molecule has 1 saturated heterocycles. The van der Waals surface area contributed by atoms with E-state index in [2.05, 4.69) is 39.6 Å². The Labute approximate surface area is 231 Å². The Morgan fingerprint density at radius 2 is 1.84 bits per heavy atom. The molecule has 2 heterocycles. The highest BCUT2D eigenvalue weighted by Crippen LogP contribution is 2.52. The summed E-state index contributed by atoms with van der Waals surface area (Å²) in [6.07, 6.45) is 2.64. The zero-order valence-corrected chi connectivity index (χ0v) is 25.4. The van der Waals surface area contributed by atoms with Crippen molar-refractivity contribution >= 4 is 23.2 Å². The van der Waals surface area contributed by atoms with Gasteiger partial charge in [0.2, 0.25) is 0 Å². The van der Waals surface area contributed by atoms with E-state index < -0.39 is 17.2 Å². The van der Waals surface area contributed by atoms with Gasteiger partial charge in [0.1, 0.15) is 21.9 Å². The van der Waals surface area contributed by atoms with Crippen LogP contribution in [0.1, 0.15) is 95.2 Å². The number of aromatic nitrogens is 1. The lowest BCUT2D eigenvalue weighted by atomic mass is 9.83.